The summed E-state index contributed by atoms with van der Waals surface area (Å²) in [5.41, 5.74) is 2.91. The number of carbonyl (C=O) groups is 1. The third-order valence-corrected chi connectivity index (χ3v) is 2.54. The lowest BCUT2D eigenvalue weighted by Crippen LogP contribution is -2.22. The van der Waals surface area contributed by atoms with Gasteiger partial charge in [-0.25, -0.2) is 5.48 Å². The van der Waals surface area contributed by atoms with Gasteiger partial charge >= 0.3 is 0 Å². The van der Waals surface area contributed by atoms with Crippen LogP contribution in [-0.4, -0.2) is 11.1 Å². The summed E-state index contributed by atoms with van der Waals surface area (Å²) < 4.78 is 0. The number of hydroxylamine groups is 1. The van der Waals surface area contributed by atoms with E-state index in [2.05, 4.69) is 19.1 Å². The van der Waals surface area contributed by atoms with Crippen molar-refractivity contribution in [3.63, 3.8) is 0 Å². The normalized spacial score (nSPS) is 12.1. The fraction of sp³-hybridized carbons (Fsp3) is 0.417. The van der Waals surface area contributed by atoms with Gasteiger partial charge in [-0.05, 0) is 17.9 Å². The summed E-state index contributed by atoms with van der Waals surface area (Å²) in [6.45, 7) is 2.05. The first-order valence-corrected chi connectivity index (χ1v) is 5.23. The number of rotatable bonds is 5. The van der Waals surface area contributed by atoms with Crippen LogP contribution in [0.25, 0.3) is 0 Å². The minimum Gasteiger partial charge on any atom is -0.289 e. The van der Waals surface area contributed by atoms with Gasteiger partial charge < -0.3 is 0 Å². The Morgan fingerprint density at radius 2 is 2.07 bits per heavy atom. The van der Waals surface area contributed by atoms with Crippen molar-refractivity contribution in [3.8, 4) is 0 Å². The molecule has 0 spiro atoms. The van der Waals surface area contributed by atoms with Crippen molar-refractivity contribution in [2.24, 2.45) is 5.92 Å². The van der Waals surface area contributed by atoms with Gasteiger partial charge in [0.2, 0.25) is 5.91 Å². The van der Waals surface area contributed by atoms with Crippen LogP contribution in [-0.2, 0) is 11.2 Å². The molecule has 0 radical (unpaired) electrons. The first-order valence-electron chi connectivity index (χ1n) is 5.23. The predicted molar refractivity (Wildman–Crippen MR) is 58.5 cm³/mol. The van der Waals surface area contributed by atoms with Crippen LogP contribution in [0.15, 0.2) is 30.3 Å². The lowest BCUT2D eigenvalue weighted by Gasteiger charge is -2.13. The molecular weight excluding hydrogens is 190 g/mol. The van der Waals surface area contributed by atoms with Gasteiger partial charge in [-0.2, -0.15) is 0 Å². The van der Waals surface area contributed by atoms with E-state index in [-0.39, 0.29) is 5.91 Å². The van der Waals surface area contributed by atoms with Crippen LogP contribution in [0.5, 0.6) is 0 Å². The summed E-state index contributed by atoms with van der Waals surface area (Å²) in [6.07, 6.45) is 2.19. The van der Waals surface area contributed by atoms with Gasteiger partial charge in [0.25, 0.3) is 0 Å². The highest BCUT2D eigenvalue weighted by atomic mass is 16.5. The van der Waals surface area contributed by atoms with Gasteiger partial charge in [-0.15, -0.1) is 0 Å². The monoisotopic (exact) mass is 207 g/mol. The number of hydrogen-bond donors (Lipinski definition) is 2. The van der Waals surface area contributed by atoms with E-state index >= 15 is 0 Å². The van der Waals surface area contributed by atoms with E-state index < -0.39 is 0 Å². The largest absolute Gasteiger partial charge is 0.289 e. The van der Waals surface area contributed by atoms with Crippen LogP contribution < -0.4 is 5.48 Å². The summed E-state index contributed by atoms with van der Waals surface area (Å²) in [7, 11) is 0. The second kappa shape index (κ2) is 6.19. The maximum absolute atomic E-state index is 11.0. The summed E-state index contributed by atoms with van der Waals surface area (Å²) in [4.78, 5) is 11.0. The molecule has 0 aliphatic carbocycles. The highest BCUT2D eigenvalue weighted by molar-refractivity contribution is 5.74. The van der Waals surface area contributed by atoms with Gasteiger partial charge in [0.15, 0.2) is 0 Å². The van der Waals surface area contributed by atoms with Gasteiger partial charge in [-0.1, -0.05) is 43.7 Å². The lowest BCUT2D eigenvalue weighted by molar-refractivity contribution is -0.130. The third-order valence-electron chi connectivity index (χ3n) is 2.54. The quantitative estimate of drug-likeness (QED) is 0.574. The van der Waals surface area contributed by atoms with Crippen molar-refractivity contribution >= 4 is 5.91 Å². The van der Waals surface area contributed by atoms with E-state index in [9.17, 15) is 4.79 Å². The molecule has 0 aromatic heterocycles. The molecule has 0 aliphatic heterocycles. The maximum Gasteiger partial charge on any atom is 0.243 e. The van der Waals surface area contributed by atoms with Crippen LogP contribution in [0.4, 0.5) is 0 Å². The van der Waals surface area contributed by atoms with E-state index in [0.29, 0.717) is 12.3 Å². The molecule has 1 amide bonds. The molecule has 2 N–H and O–H groups in total. The number of amides is 1. The van der Waals surface area contributed by atoms with E-state index in [4.69, 9.17) is 5.21 Å². The van der Waals surface area contributed by atoms with Crippen molar-refractivity contribution in [1.82, 2.24) is 5.48 Å². The standard InChI is InChI=1S/C12H17NO2/c1-2-10(9-12(14)13-15)8-11-6-4-3-5-7-11/h3-7,10,15H,2,8-9H2,1H3,(H,13,14). The molecule has 1 unspecified atom stereocenters. The van der Waals surface area contributed by atoms with Gasteiger partial charge in [-0.3, -0.25) is 10.0 Å². The Kier molecular flexibility index (Phi) is 4.84. The molecule has 1 aromatic carbocycles. The average molecular weight is 207 g/mol. The molecule has 82 valence electrons. The third kappa shape index (κ3) is 4.13. The Hall–Kier alpha value is -1.35. The van der Waals surface area contributed by atoms with Crippen LogP contribution in [0.1, 0.15) is 25.3 Å². The summed E-state index contributed by atoms with van der Waals surface area (Å²) in [5, 5.41) is 8.45. The molecule has 3 nitrogen and oxygen atoms in total. The Morgan fingerprint density at radius 1 is 1.40 bits per heavy atom. The number of benzene rings is 1. The van der Waals surface area contributed by atoms with Crippen molar-refractivity contribution in [2.45, 2.75) is 26.2 Å². The fourth-order valence-electron chi connectivity index (χ4n) is 1.62. The van der Waals surface area contributed by atoms with Gasteiger partial charge in [0.1, 0.15) is 0 Å². The van der Waals surface area contributed by atoms with E-state index in [1.165, 1.54) is 5.56 Å². The first kappa shape index (κ1) is 11.7. The first-order chi connectivity index (χ1) is 7.26. The van der Waals surface area contributed by atoms with Crippen LogP contribution in [0.2, 0.25) is 0 Å². The van der Waals surface area contributed by atoms with E-state index in [0.717, 1.165) is 12.8 Å². The highest BCUT2D eigenvalue weighted by Gasteiger charge is 2.11. The predicted octanol–water partition coefficient (Wildman–Crippen LogP) is 2.15. The maximum atomic E-state index is 11.0. The van der Waals surface area contributed by atoms with Crippen molar-refractivity contribution in [2.75, 3.05) is 0 Å². The lowest BCUT2D eigenvalue weighted by atomic mass is 9.94. The van der Waals surface area contributed by atoms with E-state index in [1.54, 1.807) is 5.48 Å². The van der Waals surface area contributed by atoms with Gasteiger partial charge in [0.05, 0.1) is 0 Å². The molecule has 1 atom stereocenters. The minimum absolute atomic E-state index is 0.291. The van der Waals surface area contributed by atoms with Gasteiger partial charge in [0, 0.05) is 6.42 Å². The zero-order valence-corrected chi connectivity index (χ0v) is 8.94. The van der Waals surface area contributed by atoms with Crippen molar-refractivity contribution < 1.29 is 10.0 Å². The average Bonchev–Trinajstić information content (AvgIpc) is 2.29. The second-order valence-corrected chi connectivity index (χ2v) is 3.70. The van der Waals surface area contributed by atoms with Crippen molar-refractivity contribution in [3.05, 3.63) is 35.9 Å². The molecular formula is C12H17NO2. The molecule has 1 aromatic rings. The van der Waals surface area contributed by atoms with Crippen molar-refractivity contribution in [1.29, 1.82) is 0 Å². The summed E-state index contributed by atoms with van der Waals surface area (Å²) in [5.74, 6) is -0.0164. The zero-order chi connectivity index (χ0) is 11.1. The molecule has 1 rings (SSSR count). The SMILES string of the molecule is CCC(CC(=O)NO)Cc1ccccc1. The molecule has 0 saturated heterocycles. The van der Waals surface area contributed by atoms with E-state index in [1.807, 2.05) is 18.2 Å². The molecule has 0 aliphatic rings. The Balaban J connectivity index is 2.50. The molecule has 0 fully saturated rings. The Morgan fingerprint density at radius 3 is 2.60 bits per heavy atom. The number of nitrogens with one attached hydrogen (secondary N) is 1. The molecule has 3 heteroatoms. The van der Waals surface area contributed by atoms with Crippen LogP contribution in [0, 0.1) is 5.92 Å². The smallest absolute Gasteiger partial charge is 0.243 e. The minimum atomic E-state index is -0.308. The Bertz CT molecular complexity index is 298. The van der Waals surface area contributed by atoms with Crippen LogP contribution >= 0.6 is 0 Å². The second-order valence-electron chi connectivity index (χ2n) is 3.70. The molecule has 0 bridgehead atoms. The number of carbonyl (C=O) groups excluding carboxylic acids is 1. The molecule has 0 heterocycles. The Labute approximate surface area is 90.1 Å². The molecule has 0 saturated carbocycles. The fourth-order valence-corrected chi connectivity index (χ4v) is 1.62. The highest BCUT2D eigenvalue weighted by Crippen LogP contribution is 2.15. The zero-order valence-electron chi connectivity index (χ0n) is 8.94. The molecule has 15 heavy (non-hydrogen) atoms. The number of hydrogen-bond acceptors (Lipinski definition) is 2. The summed E-state index contributed by atoms with van der Waals surface area (Å²) >= 11 is 0. The van der Waals surface area contributed by atoms with Crippen LogP contribution in [0.3, 0.4) is 0 Å². The topological polar surface area (TPSA) is 49.3 Å². The summed E-state index contributed by atoms with van der Waals surface area (Å²) in [6, 6.07) is 10.1.